The fourth-order valence-corrected chi connectivity index (χ4v) is 3.57. The van der Waals surface area contributed by atoms with Crippen LogP contribution in [0.4, 0.5) is 0 Å². The van der Waals surface area contributed by atoms with Crippen molar-refractivity contribution in [2.75, 3.05) is 7.11 Å². The first-order valence-electron chi connectivity index (χ1n) is 8.18. The van der Waals surface area contributed by atoms with Gasteiger partial charge < -0.3 is 10.1 Å². The largest absolute Gasteiger partial charge is 0.496 e. The van der Waals surface area contributed by atoms with Crippen LogP contribution in [0.15, 0.2) is 66.0 Å². The van der Waals surface area contributed by atoms with Gasteiger partial charge in [0.15, 0.2) is 0 Å². The van der Waals surface area contributed by atoms with E-state index in [-0.39, 0.29) is 18.4 Å². The first-order valence-corrected chi connectivity index (χ1v) is 9.06. The average Bonchev–Trinajstić information content (AvgIpc) is 3.15. The smallest absolute Gasteiger partial charge is 0.225 e. The first-order chi connectivity index (χ1) is 12.2. The monoisotopic (exact) mass is 351 g/mol. The van der Waals surface area contributed by atoms with Crippen LogP contribution < -0.4 is 10.1 Å². The summed E-state index contributed by atoms with van der Waals surface area (Å²) >= 11 is 1.65. The molecule has 1 amide bonds. The molecule has 0 fully saturated rings. The third kappa shape index (κ3) is 4.28. The van der Waals surface area contributed by atoms with Crippen molar-refractivity contribution in [2.24, 2.45) is 0 Å². The van der Waals surface area contributed by atoms with E-state index in [1.165, 1.54) is 5.56 Å². The highest BCUT2D eigenvalue weighted by Crippen LogP contribution is 2.27. The molecule has 0 saturated heterocycles. The summed E-state index contributed by atoms with van der Waals surface area (Å²) in [4.78, 5) is 13.8. The molecular formula is C21H21NO2S. The summed E-state index contributed by atoms with van der Waals surface area (Å²) in [5, 5.41) is 5.20. The minimum atomic E-state index is -0.136. The summed E-state index contributed by atoms with van der Waals surface area (Å²) in [5.74, 6) is 0.712. The third-order valence-corrected chi connectivity index (χ3v) is 5.02. The van der Waals surface area contributed by atoms with Crippen LogP contribution in [-0.2, 0) is 11.2 Å². The van der Waals surface area contributed by atoms with Gasteiger partial charge in [-0.15, -0.1) is 11.3 Å². The van der Waals surface area contributed by atoms with Crippen LogP contribution in [0, 0.1) is 6.92 Å². The quantitative estimate of drug-likeness (QED) is 0.709. The number of hydrogen-bond donors (Lipinski definition) is 1. The summed E-state index contributed by atoms with van der Waals surface area (Å²) in [6.07, 6.45) is 0.289. The summed E-state index contributed by atoms with van der Waals surface area (Å²) in [6.45, 7) is 2.06. The van der Waals surface area contributed by atoms with E-state index in [2.05, 4.69) is 42.6 Å². The zero-order chi connectivity index (χ0) is 17.6. The number of para-hydroxylation sites is 1. The second-order valence-corrected chi connectivity index (χ2v) is 6.89. The average molecular weight is 351 g/mol. The van der Waals surface area contributed by atoms with Gasteiger partial charge in [-0.25, -0.2) is 0 Å². The fourth-order valence-electron chi connectivity index (χ4n) is 2.77. The predicted molar refractivity (Wildman–Crippen MR) is 102 cm³/mol. The number of nitrogens with one attached hydrogen (secondary N) is 1. The summed E-state index contributed by atoms with van der Waals surface area (Å²) in [6, 6.07) is 19.8. The number of methoxy groups -OCH3 is 1. The van der Waals surface area contributed by atoms with Crippen molar-refractivity contribution in [3.05, 3.63) is 87.6 Å². The maximum atomic E-state index is 12.7. The van der Waals surface area contributed by atoms with Crippen molar-refractivity contribution in [3.8, 4) is 5.75 Å². The van der Waals surface area contributed by atoms with Crippen molar-refractivity contribution in [1.29, 1.82) is 0 Å². The number of carbonyl (C=O) groups excluding carboxylic acids is 1. The van der Waals surface area contributed by atoms with Gasteiger partial charge in [-0.2, -0.15) is 0 Å². The van der Waals surface area contributed by atoms with Crippen molar-refractivity contribution >= 4 is 17.2 Å². The van der Waals surface area contributed by atoms with E-state index in [1.54, 1.807) is 18.4 Å². The second kappa shape index (κ2) is 7.99. The van der Waals surface area contributed by atoms with Gasteiger partial charge >= 0.3 is 0 Å². The lowest BCUT2D eigenvalue weighted by Gasteiger charge is -2.19. The van der Waals surface area contributed by atoms with Crippen LogP contribution >= 0.6 is 11.3 Å². The number of carbonyl (C=O) groups is 1. The Morgan fingerprint density at radius 1 is 1.08 bits per heavy atom. The van der Waals surface area contributed by atoms with Crippen LogP contribution in [0.2, 0.25) is 0 Å². The Balaban J connectivity index is 1.80. The van der Waals surface area contributed by atoms with Gasteiger partial charge in [0.05, 0.1) is 19.6 Å². The lowest BCUT2D eigenvalue weighted by Crippen LogP contribution is -2.30. The number of rotatable bonds is 6. The van der Waals surface area contributed by atoms with Gasteiger partial charge in [0, 0.05) is 10.4 Å². The number of thiophene rings is 1. The second-order valence-electron chi connectivity index (χ2n) is 5.92. The van der Waals surface area contributed by atoms with E-state index >= 15 is 0 Å². The minimum Gasteiger partial charge on any atom is -0.496 e. The predicted octanol–water partition coefficient (Wildman–Crippen LogP) is 4.51. The molecule has 1 heterocycles. The molecular weight excluding hydrogens is 330 g/mol. The number of hydrogen-bond acceptors (Lipinski definition) is 3. The molecule has 1 N–H and O–H groups in total. The van der Waals surface area contributed by atoms with Gasteiger partial charge in [0.1, 0.15) is 5.75 Å². The minimum absolute atomic E-state index is 0.0246. The zero-order valence-corrected chi connectivity index (χ0v) is 15.2. The van der Waals surface area contributed by atoms with Crippen molar-refractivity contribution in [3.63, 3.8) is 0 Å². The standard InChI is InChI=1S/C21H21NO2S/c1-15-9-11-16(12-10-15)21(19-8-5-13-25-19)22-20(23)14-17-6-3-4-7-18(17)24-2/h3-13,21H,14H2,1-2H3,(H,22,23)/t21-/m0/s1. The van der Waals surface area contributed by atoms with E-state index in [1.807, 2.05) is 35.7 Å². The summed E-state index contributed by atoms with van der Waals surface area (Å²) in [7, 11) is 1.62. The van der Waals surface area contributed by atoms with Gasteiger partial charge in [-0.05, 0) is 30.0 Å². The van der Waals surface area contributed by atoms with Crippen LogP contribution in [0.25, 0.3) is 0 Å². The van der Waals surface area contributed by atoms with Gasteiger partial charge in [-0.1, -0.05) is 54.1 Å². The normalized spacial score (nSPS) is 11.8. The third-order valence-electron chi connectivity index (χ3n) is 4.09. The Morgan fingerprint density at radius 2 is 1.84 bits per heavy atom. The van der Waals surface area contributed by atoms with Crippen molar-refractivity contribution in [2.45, 2.75) is 19.4 Å². The molecule has 2 aromatic carbocycles. The highest BCUT2D eigenvalue weighted by molar-refractivity contribution is 7.10. The zero-order valence-electron chi connectivity index (χ0n) is 14.4. The molecule has 3 aromatic rings. The Hall–Kier alpha value is -2.59. The first kappa shape index (κ1) is 17.2. The summed E-state index contributed by atoms with van der Waals surface area (Å²) < 4.78 is 5.34. The molecule has 0 saturated carbocycles. The summed E-state index contributed by atoms with van der Waals surface area (Å²) in [5.41, 5.74) is 3.17. The SMILES string of the molecule is COc1ccccc1CC(=O)N[C@@H](c1ccc(C)cc1)c1cccs1. The van der Waals surface area contributed by atoms with Crippen LogP contribution in [0.3, 0.4) is 0 Å². The van der Waals surface area contributed by atoms with E-state index in [0.717, 1.165) is 21.8 Å². The molecule has 0 aliphatic heterocycles. The molecule has 0 spiro atoms. The highest BCUT2D eigenvalue weighted by Gasteiger charge is 2.18. The molecule has 0 aliphatic carbocycles. The van der Waals surface area contributed by atoms with E-state index in [9.17, 15) is 4.79 Å². The molecule has 1 atom stereocenters. The molecule has 0 unspecified atom stereocenters. The number of ether oxygens (including phenoxy) is 1. The number of amides is 1. The van der Waals surface area contributed by atoms with Gasteiger partial charge in [-0.3, -0.25) is 4.79 Å². The Morgan fingerprint density at radius 3 is 2.52 bits per heavy atom. The van der Waals surface area contributed by atoms with Crippen LogP contribution in [0.5, 0.6) is 5.75 Å². The van der Waals surface area contributed by atoms with E-state index in [0.29, 0.717) is 0 Å². The molecule has 3 nitrogen and oxygen atoms in total. The number of benzene rings is 2. The molecule has 4 heteroatoms. The van der Waals surface area contributed by atoms with Crippen molar-refractivity contribution < 1.29 is 9.53 Å². The Bertz CT molecular complexity index is 825. The lowest BCUT2D eigenvalue weighted by atomic mass is 10.0. The fraction of sp³-hybridized carbons (Fsp3) is 0.190. The molecule has 25 heavy (non-hydrogen) atoms. The Kier molecular flexibility index (Phi) is 5.51. The van der Waals surface area contributed by atoms with Crippen LogP contribution in [0.1, 0.15) is 27.6 Å². The Labute approximate surface area is 152 Å². The van der Waals surface area contributed by atoms with E-state index in [4.69, 9.17) is 4.74 Å². The molecule has 1 aromatic heterocycles. The number of aryl methyl sites for hydroxylation is 1. The van der Waals surface area contributed by atoms with Crippen molar-refractivity contribution in [1.82, 2.24) is 5.32 Å². The molecule has 3 rings (SSSR count). The molecule has 128 valence electrons. The van der Waals surface area contributed by atoms with Gasteiger partial charge in [0.25, 0.3) is 0 Å². The molecule has 0 aliphatic rings. The lowest BCUT2D eigenvalue weighted by molar-refractivity contribution is -0.120. The van der Waals surface area contributed by atoms with Crippen LogP contribution in [-0.4, -0.2) is 13.0 Å². The highest BCUT2D eigenvalue weighted by atomic mass is 32.1. The maximum absolute atomic E-state index is 12.7. The topological polar surface area (TPSA) is 38.3 Å². The maximum Gasteiger partial charge on any atom is 0.225 e. The molecule has 0 radical (unpaired) electrons. The van der Waals surface area contributed by atoms with Gasteiger partial charge in [0.2, 0.25) is 5.91 Å². The van der Waals surface area contributed by atoms with E-state index < -0.39 is 0 Å². The molecule has 0 bridgehead atoms.